The van der Waals surface area contributed by atoms with Gasteiger partial charge in [0, 0.05) is 17.3 Å². The molecular formula is C13H17NO4. The van der Waals surface area contributed by atoms with E-state index in [1.165, 1.54) is 5.56 Å². The van der Waals surface area contributed by atoms with Gasteiger partial charge in [-0.05, 0) is 18.4 Å². The van der Waals surface area contributed by atoms with Gasteiger partial charge in [-0.3, -0.25) is 10.1 Å². The Hall–Kier alpha value is -1.46. The molecule has 0 bridgehead atoms. The predicted molar refractivity (Wildman–Crippen MR) is 65.6 cm³/mol. The summed E-state index contributed by atoms with van der Waals surface area (Å²) >= 11 is 0. The summed E-state index contributed by atoms with van der Waals surface area (Å²) < 4.78 is 4.95. The van der Waals surface area contributed by atoms with Crippen LogP contribution in [0.5, 0.6) is 0 Å². The number of hydrogen-bond donors (Lipinski definition) is 1. The molecule has 1 aromatic rings. The molecule has 1 aliphatic heterocycles. The lowest BCUT2D eigenvalue weighted by molar-refractivity contribution is -0.545. The van der Waals surface area contributed by atoms with Crippen LogP contribution in [0.15, 0.2) is 30.3 Å². The predicted octanol–water partition coefficient (Wildman–Crippen LogP) is 1.62. The number of hydrogen-bond acceptors (Lipinski definition) is 4. The van der Waals surface area contributed by atoms with E-state index in [4.69, 9.17) is 4.74 Å². The Balaban J connectivity index is 1.94. The van der Waals surface area contributed by atoms with Crippen molar-refractivity contribution in [3.8, 4) is 0 Å². The zero-order valence-electron chi connectivity index (χ0n) is 10.1. The fourth-order valence-electron chi connectivity index (χ4n) is 2.37. The summed E-state index contributed by atoms with van der Waals surface area (Å²) in [6.45, 7) is 0.00756. The molecule has 3 atom stereocenters. The molecule has 1 aromatic carbocycles. The van der Waals surface area contributed by atoms with Gasteiger partial charge in [-0.25, -0.2) is 0 Å². The van der Waals surface area contributed by atoms with E-state index in [0.29, 0.717) is 12.8 Å². The van der Waals surface area contributed by atoms with Gasteiger partial charge in [-0.1, -0.05) is 30.3 Å². The first kappa shape index (κ1) is 13.0. The maximum Gasteiger partial charge on any atom is 0.239 e. The minimum Gasteiger partial charge on any atom is -0.368 e. The average molecular weight is 251 g/mol. The molecule has 0 aromatic heterocycles. The standard InChI is InChI=1S/C13H17NO4/c15-13-8-11(12(9-18-13)14(16)17)7-6-10-4-2-1-3-5-10/h1-5,11-13,15H,6-9H2/t11-,12-,13?/m0/s1. The molecule has 2 rings (SSSR count). The van der Waals surface area contributed by atoms with Gasteiger partial charge in [-0.2, -0.15) is 0 Å². The molecule has 1 saturated heterocycles. The zero-order valence-corrected chi connectivity index (χ0v) is 10.1. The normalized spacial score (nSPS) is 27.9. The van der Waals surface area contributed by atoms with Crippen molar-refractivity contribution in [1.29, 1.82) is 0 Å². The highest BCUT2D eigenvalue weighted by Gasteiger charge is 2.37. The molecule has 1 N–H and O–H groups in total. The number of aryl methyl sites for hydroxylation is 1. The van der Waals surface area contributed by atoms with Crippen molar-refractivity contribution in [3.63, 3.8) is 0 Å². The maximum absolute atomic E-state index is 10.9. The van der Waals surface area contributed by atoms with Crippen LogP contribution in [0.3, 0.4) is 0 Å². The Bertz CT molecular complexity index is 395. The van der Waals surface area contributed by atoms with Gasteiger partial charge in [0.05, 0.1) is 0 Å². The first-order chi connectivity index (χ1) is 8.66. The number of rotatable bonds is 4. The first-order valence-electron chi connectivity index (χ1n) is 6.14. The van der Waals surface area contributed by atoms with Crippen molar-refractivity contribution in [2.75, 3.05) is 6.61 Å². The first-order valence-corrected chi connectivity index (χ1v) is 6.14. The third kappa shape index (κ3) is 3.27. The Morgan fingerprint density at radius 1 is 1.39 bits per heavy atom. The van der Waals surface area contributed by atoms with Crippen LogP contribution in [-0.4, -0.2) is 29.0 Å². The third-order valence-electron chi connectivity index (χ3n) is 3.43. The number of benzene rings is 1. The van der Waals surface area contributed by atoms with Gasteiger partial charge in [0.2, 0.25) is 6.04 Å². The topological polar surface area (TPSA) is 72.6 Å². The minimum absolute atomic E-state index is 0.00756. The summed E-state index contributed by atoms with van der Waals surface area (Å²) in [6.07, 6.45) is 0.985. The fourth-order valence-corrected chi connectivity index (χ4v) is 2.37. The fraction of sp³-hybridized carbons (Fsp3) is 0.538. The van der Waals surface area contributed by atoms with Crippen molar-refractivity contribution in [1.82, 2.24) is 0 Å². The van der Waals surface area contributed by atoms with Crippen LogP contribution >= 0.6 is 0 Å². The lowest BCUT2D eigenvalue weighted by atomic mass is 9.88. The van der Waals surface area contributed by atoms with Crippen LogP contribution in [-0.2, 0) is 11.2 Å². The molecule has 0 saturated carbocycles. The maximum atomic E-state index is 10.9. The molecule has 0 aliphatic carbocycles. The molecule has 1 unspecified atom stereocenters. The Kier molecular flexibility index (Phi) is 4.28. The van der Waals surface area contributed by atoms with Crippen LogP contribution in [0.4, 0.5) is 0 Å². The second kappa shape index (κ2) is 5.93. The van der Waals surface area contributed by atoms with Gasteiger partial charge < -0.3 is 9.84 Å². The van der Waals surface area contributed by atoms with Crippen molar-refractivity contribution >= 4 is 0 Å². The van der Waals surface area contributed by atoms with E-state index in [1.54, 1.807) is 0 Å². The van der Waals surface area contributed by atoms with E-state index >= 15 is 0 Å². The quantitative estimate of drug-likeness (QED) is 0.652. The van der Waals surface area contributed by atoms with Crippen molar-refractivity contribution < 1.29 is 14.8 Å². The molecule has 18 heavy (non-hydrogen) atoms. The van der Waals surface area contributed by atoms with Gasteiger partial charge in [0.15, 0.2) is 6.29 Å². The monoisotopic (exact) mass is 251 g/mol. The molecule has 98 valence electrons. The van der Waals surface area contributed by atoms with Crippen LogP contribution < -0.4 is 0 Å². The summed E-state index contributed by atoms with van der Waals surface area (Å²) in [5, 5.41) is 20.4. The van der Waals surface area contributed by atoms with E-state index in [1.807, 2.05) is 30.3 Å². The number of aliphatic hydroxyl groups excluding tert-OH is 1. The average Bonchev–Trinajstić information content (AvgIpc) is 2.37. The summed E-state index contributed by atoms with van der Waals surface area (Å²) in [5.41, 5.74) is 1.17. The van der Waals surface area contributed by atoms with Crippen molar-refractivity contribution in [3.05, 3.63) is 46.0 Å². The molecule has 0 amide bonds. The number of aliphatic hydroxyl groups is 1. The third-order valence-corrected chi connectivity index (χ3v) is 3.43. The Morgan fingerprint density at radius 2 is 2.11 bits per heavy atom. The van der Waals surface area contributed by atoms with E-state index < -0.39 is 12.3 Å². The van der Waals surface area contributed by atoms with Crippen molar-refractivity contribution in [2.45, 2.75) is 31.6 Å². The molecule has 0 spiro atoms. The summed E-state index contributed by atoms with van der Waals surface area (Å²) in [5.74, 6) is -0.121. The van der Waals surface area contributed by atoms with Gasteiger partial charge in [0.25, 0.3) is 0 Å². The highest BCUT2D eigenvalue weighted by molar-refractivity contribution is 5.14. The number of nitro groups is 1. The second-order valence-electron chi connectivity index (χ2n) is 4.66. The largest absolute Gasteiger partial charge is 0.368 e. The molecular weight excluding hydrogens is 234 g/mol. The van der Waals surface area contributed by atoms with E-state index in [9.17, 15) is 15.2 Å². The molecule has 5 nitrogen and oxygen atoms in total. The molecule has 1 fully saturated rings. The summed E-state index contributed by atoms with van der Waals surface area (Å²) in [6, 6.07) is 9.19. The molecule has 1 heterocycles. The van der Waals surface area contributed by atoms with Crippen LogP contribution in [0.2, 0.25) is 0 Å². The summed E-state index contributed by atoms with van der Waals surface area (Å²) in [7, 11) is 0. The second-order valence-corrected chi connectivity index (χ2v) is 4.66. The summed E-state index contributed by atoms with van der Waals surface area (Å²) in [4.78, 5) is 10.6. The molecule has 0 radical (unpaired) electrons. The molecule has 5 heteroatoms. The van der Waals surface area contributed by atoms with Crippen LogP contribution in [0.25, 0.3) is 0 Å². The van der Waals surface area contributed by atoms with E-state index in [0.717, 1.165) is 6.42 Å². The molecule has 1 aliphatic rings. The smallest absolute Gasteiger partial charge is 0.239 e. The Labute approximate surface area is 106 Å². The highest BCUT2D eigenvalue weighted by Crippen LogP contribution is 2.26. The number of ether oxygens (including phenoxy) is 1. The van der Waals surface area contributed by atoms with Crippen molar-refractivity contribution in [2.24, 2.45) is 5.92 Å². The van der Waals surface area contributed by atoms with Gasteiger partial charge in [-0.15, -0.1) is 0 Å². The SMILES string of the molecule is O=[N+]([O-])[C@H]1COC(O)C[C@@H]1CCc1ccccc1. The lowest BCUT2D eigenvalue weighted by Crippen LogP contribution is -2.42. The minimum atomic E-state index is -0.859. The van der Waals surface area contributed by atoms with Gasteiger partial charge in [0.1, 0.15) is 6.61 Å². The van der Waals surface area contributed by atoms with Gasteiger partial charge >= 0.3 is 0 Å². The van der Waals surface area contributed by atoms with E-state index in [2.05, 4.69) is 0 Å². The van der Waals surface area contributed by atoms with Crippen LogP contribution in [0, 0.1) is 16.0 Å². The van der Waals surface area contributed by atoms with E-state index in [-0.39, 0.29) is 17.4 Å². The Morgan fingerprint density at radius 3 is 2.78 bits per heavy atom. The zero-order chi connectivity index (χ0) is 13.0. The number of nitrogens with zero attached hydrogens (tertiary/aromatic N) is 1. The van der Waals surface area contributed by atoms with Crippen LogP contribution in [0.1, 0.15) is 18.4 Å². The lowest BCUT2D eigenvalue weighted by Gasteiger charge is -2.28. The highest BCUT2D eigenvalue weighted by atomic mass is 16.6.